The van der Waals surface area contributed by atoms with Gasteiger partial charge in [-0.25, -0.2) is 0 Å². The number of anilines is 1. The molecule has 0 spiro atoms. The summed E-state index contributed by atoms with van der Waals surface area (Å²) in [4.78, 5) is 0. The first kappa shape index (κ1) is 14.2. The lowest BCUT2D eigenvalue weighted by Crippen LogP contribution is -2.32. The van der Waals surface area contributed by atoms with Crippen molar-refractivity contribution in [2.75, 3.05) is 12.4 Å². The van der Waals surface area contributed by atoms with Crippen LogP contribution in [-0.4, -0.2) is 19.2 Å². The quantitative estimate of drug-likeness (QED) is 0.839. The fraction of sp³-hybridized carbons (Fsp3) is 0.538. The van der Waals surface area contributed by atoms with Crippen molar-refractivity contribution >= 4 is 37.5 Å². The van der Waals surface area contributed by atoms with Gasteiger partial charge in [0.25, 0.3) is 0 Å². The molecule has 2 rings (SSSR count). The molecule has 3 N–H and O–H groups in total. The van der Waals surface area contributed by atoms with Gasteiger partial charge in [-0.15, -0.1) is 0 Å². The standard InChI is InChI=1S/C13H18Br2N2O/c1-18-13-7-12(10(14)6-11(13)15)17-9-4-2-8(16)3-5-9/h6-9,17H,2-5,16H2,1H3. The Morgan fingerprint density at radius 3 is 2.44 bits per heavy atom. The molecule has 0 saturated heterocycles. The van der Waals surface area contributed by atoms with E-state index >= 15 is 0 Å². The second kappa shape index (κ2) is 6.26. The van der Waals surface area contributed by atoms with E-state index in [9.17, 15) is 0 Å². The number of ether oxygens (including phenoxy) is 1. The van der Waals surface area contributed by atoms with Crippen LogP contribution < -0.4 is 15.8 Å². The zero-order valence-corrected chi connectivity index (χ0v) is 13.6. The van der Waals surface area contributed by atoms with Crippen molar-refractivity contribution in [3.05, 3.63) is 21.1 Å². The van der Waals surface area contributed by atoms with Gasteiger partial charge in [0.05, 0.1) is 17.3 Å². The molecule has 0 aromatic heterocycles. The van der Waals surface area contributed by atoms with Crippen molar-refractivity contribution in [3.63, 3.8) is 0 Å². The average molecular weight is 378 g/mol. The van der Waals surface area contributed by atoms with Gasteiger partial charge >= 0.3 is 0 Å². The number of methoxy groups -OCH3 is 1. The predicted molar refractivity (Wildman–Crippen MR) is 82.2 cm³/mol. The highest BCUT2D eigenvalue weighted by Crippen LogP contribution is 2.35. The molecular formula is C13H18Br2N2O. The Bertz CT molecular complexity index is 418. The zero-order chi connectivity index (χ0) is 13.1. The van der Waals surface area contributed by atoms with Gasteiger partial charge in [0.2, 0.25) is 0 Å². The third-order valence-corrected chi connectivity index (χ3v) is 4.65. The lowest BCUT2D eigenvalue weighted by atomic mass is 9.91. The first-order valence-electron chi connectivity index (χ1n) is 6.15. The van der Waals surface area contributed by atoms with Gasteiger partial charge in [-0.3, -0.25) is 0 Å². The van der Waals surface area contributed by atoms with Crippen LogP contribution in [0.3, 0.4) is 0 Å². The summed E-state index contributed by atoms with van der Waals surface area (Å²) in [5.74, 6) is 0.841. The lowest BCUT2D eigenvalue weighted by molar-refractivity contribution is 0.407. The van der Waals surface area contributed by atoms with Crippen LogP contribution >= 0.6 is 31.9 Å². The normalized spacial score (nSPS) is 23.8. The van der Waals surface area contributed by atoms with Gasteiger partial charge in [0.15, 0.2) is 0 Å². The molecular weight excluding hydrogens is 360 g/mol. The van der Waals surface area contributed by atoms with Crippen LogP contribution in [0.4, 0.5) is 5.69 Å². The molecule has 1 aliphatic carbocycles. The minimum absolute atomic E-state index is 0.381. The van der Waals surface area contributed by atoms with E-state index in [-0.39, 0.29) is 0 Å². The number of halogens is 2. The SMILES string of the molecule is COc1cc(NC2CCC(N)CC2)c(Br)cc1Br. The van der Waals surface area contributed by atoms with Gasteiger partial charge < -0.3 is 15.8 Å². The number of hydrogen-bond donors (Lipinski definition) is 2. The van der Waals surface area contributed by atoms with Gasteiger partial charge in [-0.1, -0.05) is 0 Å². The summed E-state index contributed by atoms with van der Waals surface area (Å²) in [7, 11) is 1.68. The van der Waals surface area contributed by atoms with Crippen LogP contribution in [0.15, 0.2) is 21.1 Å². The molecule has 0 bridgehead atoms. The van der Waals surface area contributed by atoms with E-state index in [1.54, 1.807) is 7.11 Å². The number of rotatable bonds is 3. The fourth-order valence-corrected chi connectivity index (χ4v) is 3.55. The van der Waals surface area contributed by atoms with Crippen molar-refractivity contribution < 1.29 is 4.74 Å². The summed E-state index contributed by atoms with van der Waals surface area (Å²) >= 11 is 7.05. The number of benzene rings is 1. The first-order valence-corrected chi connectivity index (χ1v) is 7.74. The minimum Gasteiger partial charge on any atom is -0.495 e. The Balaban J connectivity index is 2.09. The third-order valence-electron chi connectivity index (χ3n) is 3.37. The summed E-state index contributed by atoms with van der Waals surface area (Å²) in [6.07, 6.45) is 4.46. The van der Waals surface area contributed by atoms with E-state index in [1.807, 2.05) is 12.1 Å². The van der Waals surface area contributed by atoms with Gasteiger partial charge in [0, 0.05) is 22.6 Å². The number of nitrogens with one attached hydrogen (secondary N) is 1. The van der Waals surface area contributed by atoms with Crippen molar-refractivity contribution in [2.24, 2.45) is 5.73 Å². The van der Waals surface area contributed by atoms with Crippen LogP contribution in [0, 0.1) is 0 Å². The van der Waals surface area contributed by atoms with Gasteiger partial charge in [0.1, 0.15) is 5.75 Å². The Morgan fingerprint density at radius 1 is 1.17 bits per heavy atom. The Labute approximate surface area is 125 Å². The molecule has 1 saturated carbocycles. The van der Waals surface area contributed by atoms with E-state index in [1.165, 1.54) is 0 Å². The maximum atomic E-state index is 5.92. The van der Waals surface area contributed by atoms with E-state index in [4.69, 9.17) is 10.5 Å². The monoisotopic (exact) mass is 376 g/mol. The summed E-state index contributed by atoms with van der Waals surface area (Å²) < 4.78 is 7.32. The second-order valence-corrected chi connectivity index (χ2v) is 6.43. The van der Waals surface area contributed by atoms with Crippen molar-refractivity contribution in [1.29, 1.82) is 0 Å². The maximum Gasteiger partial charge on any atom is 0.135 e. The zero-order valence-electron chi connectivity index (χ0n) is 10.4. The van der Waals surface area contributed by atoms with Crippen LogP contribution in [0.25, 0.3) is 0 Å². The van der Waals surface area contributed by atoms with Crippen molar-refractivity contribution in [2.45, 2.75) is 37.8 Å². The third kappa shape index (κ3) is 3.39. The Kier molecular flexibility index (Phi) is 4.92. The molecule has 0 heterocycles. The molecule has 1 aromatic carbocycles. The molecule has 0 radical (unpaired) electrons. The lowest BCUT2D eigenvalue weighted by Gasteiger charge is -2.28. The van der Waals surface area contributed by atoms with Crippen molar-refractivity contribution in [3.8, 4) is 5.75 Å². The smallest absolute Gasteiger partial charge is 0.135 e. The Hall–Kier alpha value is -0.260. The molecule has 1 aromatic rings. The first-order chi connectivity index (χ1) is 8.60. The molecule has 18 heavy (non-hydrogen) atoms. The minimum atomic E-state index is 0.381. The predicted octanol–water partition coefficient (Wildman–Crippen LogP) is 3.90. The fourth-order valence-electron chi connectivity index (χ4n) is 2.28. The molecule has 100 valence electrons. The molecule has 0 atom stereocenters. The van der Waals surface area contributed by atoms with E-state index in [0.29, 0.717) is 12.1 Å². The van der Waals surface area contributed by atoms with Gasteiger partial charge in [-0.05, 0) is 63.6 Å². The highest BCUT2D eigenvalue weighted by Gasteiger charge is 2.19. The van der Waals surface area contributed by atoms with E-state index in [0.717, 1.165) is 46.1 Å². The van der Waals surface area contributed by atoms with Crippen LogP contribution in [0.1, 0.15) is 25.7 Å². The second-order valence-electron chi connectivity index (χ2n) is 4.72. The summed E-state index contributed by atoms with van der Waals surface area (Å²) in [6.45, 7) is 0. The summed E-state index contributed by atoms with van der Waals surface area (Å²) in [6, 6.07) is 4.91. The van der Waals surface area contributed by atoms with Gasteiger partial charge in [-0.2, -0.15) is 0 Å². The Morgan fingerprint density at radius 2 is 1.83 bits per heavy atom. The highest BCUT2D eigenvalue weighted by molar-refractivity contribution is 9.11. The largest absolute Gasteiger partial charge is 0.495 e. The van der Waals surface area contributed by atoms with Crippen LogP contribution in [0.2, 0.25) is 0 Å². The molecule has 0 amide bonds. The molecule has 0 aliphatic heterocycles. The molecule has 1 fully saturated rings. The summed E-state index contributed by atoms with van der Waals surface area (Å²) in [5.41, 5.74) is 7.00. The van der Waals surface area contributed by atoms with E-state index in [2.05, 4.69) is 37.2 Å². The maximum absolute atomic E-state index is 5.92. The summed E-state index contributed by atoms with van der Waals surface area (Å²) in [5, 5.41) is 3.57. The molecule has 3 nitrogen and oxygen atoms in total. The number of nitrogens with two attached hydrogens (primary N) is 1. The topological polar surface area (TPSA) is 47.3 Å². The molecule has 1 aliphatic rings. The van der Waals surface area contributed by atoms with Crippen LogP contribution in [0.5, 0.6) is 5.75 Å². The highest BCUT2D eigenvalue weighted by atomic mass is 79.9. The van der Waals surface area contributed by atoms with Crippen LogP contribution in [-0.2, 0) is 0 Å². The number of hydrogen-bond acceptors (Lipinski definition) is 3. The van der Waals surface area contributed by atoms with E-state index < -0.39 is 0 Å². The van der Waals surface area contributed by atoms with Crippen molar-refractivity contribution in [1.82, 2.24) is 0 Å². The molecule has 5 heteroatoms. The average Bonchev–Trinajstić information content (AvgIpc) is 2.35. The molecule has 0 unspecified atom stereocenters.